The molecular formula is C26H30N2O5. The number of ether oxygens (including phenoxy) is 1. The van der Waals surface area contributed by atoms with E-state index in [0.717, 1.165) is 30.4 Å². The number of aliphatic carboxylic acids is 1. The highest BCUT2D eigenvalue weighted by molar-refractivity contribution is 5.87. The summed E-state index contributed by atoms with van der Waals surface area (Å²) in [6.45, 7) is 0.519. The van der Waals surface area contributed by atoms with Crippen molar-refractivity contribution in [2.75, 3.05) is 13.2 Å². The Labute approximate surface area is 193 Å². The number of carbonyl (C=O) groups is 3. The molecule has 0 unspecified atom stereocenters. The Kier molecular flexibility index (Phi) is 6.96. The predicted molar refractivity (Wildman–Crippen MR) is 124 cm³/mol. The lowest BCUT2D eigenvalue weighted by molar-refractivity contribution is -0.149. The third-order valence-corrected chi connectivity index (χ3v) is 6.69. The molecule has 2 aliphatic carbocycles. The molecule has 2 aromatic rings. The van der Waals surface area contributed by atoms with Gasteiger partial charge >= 0.3 is 12.1 Å². The molecule has 1 saturated carbocycles. The van der Waals surface area contributed by atoms with Gasteiger partial charge in [0.15, 0.2) is 0 Å². The van der Waals surface area contributed by atoms with Crippen LogP contribution in [0.4, 0.5) is 4.79 Å². The number of carbonyl (C=O) groups excluding carboxylic acids is 2. The molecule has 0 spiro atoms. The van der Waals surface area contributed by atoms with Crippen LogP contribution in [0.1, 0.15) is 62.0 Å². The molecule has 0 heterocycles. The van der Waals surface area contributed by atoms with Gasteiger partial charge in [0.05, 0.1) is 0 Å². The minimum absolute atomic E-state index is 0.00312. The lowest BCUT2D eigenvalue weighted by atomic mass is 9.81. The first kappa shape index (κ1) is 22.8. The highest BCUT2D eigenvalue weighted by Gasteiger charge is 2.40. The van der Waals surface area contributed by atoms with E-state index < -0.39 is 17.6 Å². The van der Waals surface area contributed by atoms with Crippen LogP contribution in [0.2, 0.25) is 0 Å². The lowest BCUT2D eigenvalue weighted by Crippen LogP contribution is -2.55. The van der Waals surface area contributed by atoms with Gasteiger partial charge in [-0.2, -0.15) is 0 Å². The van der Waals surface area contributed by atoms with Crippen molar-refractivity contribution in [2.24, 2.45) is 0 Å². The maximum absolute atomic E-state index is 12.3. The number of hydrogen-bond donors (Lipinski definition) is 3. The molecular weight excluding hydrogens is 420 g/mol. The molecule has 2 aliphatic rings. The molecule has 7 nitrogen and oxygen atoms in total. The van der Waals surface area contributed by atoms with Crippen LogP contribution >= 0.6 is 0 Å². The number of hydrogen-bond acceptors (Lipinski definition) is 4. The molecule has 0 aliphatic heterocycles. The summed E-state index contributed by atoms with van der Waals surface area (Å²) in [6.07, 6.45) is 3.56. The van der Waals surface area contributed by atoms with Crippen molar-refractivity contribution in [3.05, 3.63) is 59.7 Å². The predicted octanol–water partition coefficient (Wildman–Crippen LogP) is 4.21. The van der Waals surface area contributed by atoms with Crippen molar-refractivity contribution in [1.82, 2.24) is 10.6 Å². The van der Waals surface area contributed by atoms with Gasteiger partial charge < -0.3 is 20.5 Å². The molecule has 7 heteroatoms. The van der Waals surface area contributed by atoms with E-state index in [-0.39, 0.29) is 31.4 Å². The normalized spacial score (nSPS) is 16.4. The van der Waals surface area contributed by atoms with Gasteiger partial charge in [-0.25, -0.2) is 9.59 Å². The number of carboxylic acid groups (broad SMARTS) is 1. The Bertz CT molecular complexity index is 983. The van der Waals surface area contributed by atoms with E-state index in [1.807, 2.05) is 24.3 Å². The summed E-state index contributed by atoms with van der Waals surface area (Å²) >= 11 is 0. The average molecular weight is 451 g/mol. The molecule has 4 rings (SSSR count). The molecule has 0 aromatic heterocycles. The van der Waals surface area contributed by atoms with E-state index in [0.29, 0.717) is 19.3 Å². The number of amides is 2. The second-order valence-corrected chi connectivity index (χ2v) is 8.85. The van der Waals surface area contributed by atoms with Gasteiger partial charge in [0, 0.05) is 18.9 Å². The molecule has 0 atom stereocenters. The molecule has 1 fully saturated rings. The van der Waals surface area contributed by atoms with Crippen LogP contribution in [-0.4, -0.2) is 41.8 Å². The van der Waals surface area contributed by atoms with E-state index in [4.69, 9.17) is 4.74 Å². The number of nitrogens with one attached hydrogen (secondary N) is 2. The molecule has 33 heavy (non-hydrogen) atoms. The zero-order chi connectivity index (χ0) is 23.3. The fourth-order valence-electron chi connectivity index (χ4n) is 4.97. The fraction of sp³-hybridized carbons (Fsp3) is 0.423. The van der Waals surface area contributed by atoms with Crippen LogP contribution in [0.25, 0.3) is 11.1 Å². The van der Waals surface area contributed by atoms with Gasteiger partial charge in [-0.15, -0.1) is 0 Å². The minimum Gasteiger partial charge on any atom is -0.480 e. The summed E-state index contributed by atoms with van der Waals surface area (Å²) in [5.41, 5.74) is 3.50. The number of carboxylic acids is 1. The molecule has 2 amide bonds. The Hall–Kier alpha value is -3.35. The third-order valence-electron chi connectivity index (χ3n) is 6.69. The Balaban J connectivity index is 1.21. The smallest absolute Gasteiger partial charge is 0.407 e. The SMILES string of the molecule is O=C(CCCNC(=O)OCC1c2ccccc2-c2ccccc21)NC1(C(=O)O)CCCCC1. The van der Waals surface area contributed by atoms with Crippen LogP contribution in [0.5, 0.6) is 0 Å². The van der Waals surface area contributed by atoms with E-state index in [9.17, 15) is 19.5 Å². The largest absolute Gasteiger partial charge is 0.480 e. The first-order valence-electron chi connectivity index (χ1n) is 11.6. The van der Waals surface area contributed by atoms with E-state index in [1.165, 1.54) is 11.1 Å². The molecule has 0 bridgehead atoms. The summed E-state index contributed by atoms with van der Waals surface area (Å²) in [5.74, 6) is -1.27. The fourth-order valence-corrected chi connectivity index (χ4v) is 4.97. The number of benzene rings is 2. The zero-order valence-corrected chi connectivity index (χ0v) is 18.6. The van der Waals surface area contributed by atoms with Gasteiger partial charge in [-0.3, -0.25) is 4.79 Å². The maximum Gasteiger partial charge on any atom is 0.407 e. The third kappa shape index (κ3) is 5.02. The van der Waals surface area contributed by atoms with Gasteiger partial charge in [-0.1, -0.05) is 67.8 Å². The second kappa shape index (κ2) is 10.1. The summed E-state index contributed by atoms with van der Waals surface area (Å²) in [6, 6.07) is 16.3. The summed E-state index contributed by atoms with van der Waals surface area (Å²) in [5, 5.41) is 15.0. The first-order chi connectivity index (χ1) is 16.0. The van der Waals surface area contributed by atoms with Crippen LogP contribution in [0.3, 0.4) is 0 Å². The highest BCUT2D eigenvalue weighted by atomic mass is 16.5. The topological polar surface area (TPSA) is 105 Å². The molecule has 174 valence electrons. The number of fused-ring (bicyclic) bond motifs is 3. The van der Waals surface area contributed by atoms with E-state index >= 15 is 0 Å². The van der Waals surface area contributed by atoms with Gasteiger partial charge in [0.25, 0.3) is 0 Å². The average Bonchev–Trinajstić information content (AvgIpc) is 3.15. The van der Waals surface area contributed by atoms with Crippen molar-refractivity contribution >= 4 is 18.0 Å². The quantitative estimate of drug-likeness (QED) is 0.523. The zero-order valence-electron chi connectivity index (χ0n) is 18.6. The molecule has 0 saturated heterocycles. The van der Waals surface area contributed by atoms with Crippen molar-refractivity contribution in [1.29, 1.82) is 0 Å². The monoisotopic (exact) mass is 450 g/mol. The van der Waals surface area contributed by atoms with Crippen molar-refractivity contribution < 1.29 is 24.2 Å². The Morgan fingerprint density at radius 3 is 2.15 bits per heavy atom. The van der Waals surface area contributed by atoms with Gasteiger partial charge in [0.1, 0.15) is 12.1 Å². The standard InChI is InChI=1S/C26H30N2O5/c29-23(28-26(24(30)31)14-6-1-7-15-26)13-8-16-27-25(32)33-17-22-20-11-4-2-9-18(20)19-10-3-5-12-21(19)22/h2-5,9-12,22H,1,6-8,13-17H2,(H,27,32)(H,28,29)(H,30,31). The van der Waals surface area contributed by atoms with E-state index in [2.05, 4.69) is 34.9 Å². The summed E-state index contributed by atoms with van der Waals surface area (Å²) < 4.78 is 5.49. The first-order valence-corrected chi connectivity index (χ1v) is 11.6. The molecule has 0 radical (unpaired) electrons. The second-order valence-electron chi connectivity index (χ2n) is 8.85. The van der Waals surface area contributed by atoms with Crippen LogP contribution in [-0.2, 0) is 14.3 Å². The van der Waals surface area contributed by atoms with Crippen LogP contribution in [0.15, 0.2) is 48.5 Å². The van der Waals surface area contributed by atoms with Crippen LogP contribution in [0, 0.1) is 0 Å². The minimum atomic E-state index is -1.14. The maximum atomic E-state index is 12.3. The Morgan fingerprint density at radius 1 is 0.939 bits per heavy atom. The summed E-state index contributed by atoms with van der Waals surface area (Å²) in [4.78, 5) is 36.2. The summed E-state index contributed by atoms with van der Waals surface area (Å²) in [7, 11) is 0. The van der Waals surface area contributed by atoms with Crippen LogP contribution < -0.4 is 10.6 Å². The highest BCUT2D eigenvalue weighted by Crippen LogP contribution is 2.44. The van der Waals surface area contributed by atoms with Crippen molar-refractivity contribution in [2.45, 2.75) is 56.4 Å². The van der Waals surface area contributed by atoms with Gasteiger partial charge in [-0.05, 0) is 41.5 Å². The lowest BCUT2D eigenvalue weighted by Gasteiger charge is -2.34. The van der Waals surface area contributed by atoms with Crippen molar-refractivity contribution in [3.63, 3.8) is 0 Å². The molecule has 3 N–H and O–H groups in total. The number of rotatable bonds is 8. The Morgan fingerprint density at radius 2 is 1.55 bits per heavy atom. The number of alkyl carbamates (subject to hydrolysis) is 1. The van der Waals surface area contributed by atoms with Gasteiger partial charge in [0.2, 0.25) is 5.91 Å². The van der Waals surface area contributed by atoms with Crippen molar-refractivity contribution in [3.8, 4) is 11.1 Å². The molecule has 2 aromatic carbocycles. The van der Waals surface area contributed by atoms with E-state index in [1.54, 1.807) is 0 Å².